The van der Waals surface area contributed by atoms with Crippen molar-refractivity contribution in [3.05, 3.63) is 93.3 Å². The molecule has 0 heterocycles. The second-order valence-corrected chi connectivity index (χ2v) is 7.42. The van der Waals surface area contributed by atoms with E-state index in [1.807, 2.05) is 20.8 Å². The first-order valence-electron chi connectivity index (χ1n) is 9.28. The van der Waals surface area contributed by atoms with Gasteiger partial charge in [-0.3, -0.25) is 0 Å². The molecule has 0 radical (unpaired) electrons. The number of halogens is 1. The summed E-state index contributed by atoms with van der Waals surface area (Å²) in [4.78, 5) is 0. The molecule has 0 fully saturated rings. The summed E-state index contributed by atoms with van der Waals surface area (Å²) in [7, 11) is 0. The average Bonchev–Trinajstić information content (AvgIpc) is 2.63. The zero-order valence-electron chi connectivity index (χ0n) is 16.4. The van der Waals surface area contributed by atoms with Gasteiger partial charge in [-0.15, -0.1) is 0 Å². The molecule has 0 amide bonds. The van der Waals surface area contributed by atoms with E-state index in [9.17, 15) is 4.39 Å². The first kappa shape index (κ1) is 18.4. The van der Waals surface area contributed by atoms with Crippen LogP contribution in [0.1, 0.15) is 38.9 Å². The van der Waals surface area contributed by atoms with E-state index in [-0.39, 0.29) is 5.82 Å². The zero-order valence-corrected chi connectivity index (χ0v) is 16.4. The molecule has 1 heteroatoms. The van der Waals surface area contributed by atoms with Crippen LogP contribution in [0.25, 0.3) is 11.1 Å². The maximum Gasteiger partial charge on any atom is 0.129 e. The van der Waals surface area contributed by atoms with Crippen LogP contribution < -0.4 is 0 Å². The molecule has 0 spiro atoms. The van der Waals surface area contributed by atoms with Crippen molar-refractivity contribution in [2.24, 2.45) is 0 Å². The molecule has 0 N–H and O–H groups in total. The predicted octanol–water partition coefficient (Wildman–Crippen LogP) is 6.82. The van der Waals surface area contributed by atoms with Crippen molar-refractivity contribution in [2.45, 2.75) is 47.5 Å². The SMILES string of the molecule is Cc1ccc(-c2ccc(CCc3cc(C)c(C)c(F)c3C)c(C)c2)cc1. The molecule has 0 atom stereocenters. The van der Waals surface area contributed by atoms with Crippen LogP contribution >= 0.6 is 0 Å². The molecular weight excluding hydrogens is 319 g/mol. The van der Waals surface area contributed by atoms with E-state index < -0.39 is 0 Å². The molecule has 0 aromatic heterocycles. The highest BCUT2D eigenvalue weighted by atomic mass is 19.1. The number of benzene rings is 3. The first-order chi connectivity index (χ1) is 12.4. The van der Waals surface area contributed by atoms with Crippen molar-refractivity contribution >= 4 is 0 Å². The highest BCUT2D eigenvalue weighted by Gasteiger charge is 2.11. The highest BCUT2D eigenvalue weighted by Crippen LogP contribution is 2.25. The number of aryl methyl sites for hydroxylation is 5. The van der Waals surface area contributed by atoms with Crippen LogP contribution in [-0.2, 0) is 12.8 Å². The third-order valence-corrected chi connectivity index (χ3v) is 5.51. The van der Waals surface area contributed by atoms with Crippen molar-refractivity contribution < 1.29 is 4.39 Å². The molecule has 0 nitrogen and oxygen atoms in total. The molecule has 0 bridgehead atoms. The van der Waals surface area contributed by atoms with E-state index in [2.05, 4.69) is 62.4 Å². The van der Waals surface area contributed by atoms with E-state index in [1.54, 1.807) is 0 Å². The smallest absolute Gasteiger partial charge is 0.129 e. The summed E-state index contributed by atoms with van der Waals surface area (Å²) < 4.78 is 14.3. The Morgan fingerprint density at radius 2 is 1.23 bits per heavy atom. The molecule has 0 saturated carbocycles. The van der Waals surface area contributed by atoms with Gasteiger partial charge >= 0.3 is 0 Å². The normalized spacial score (nSPS) is 11.0. The van der Waals surface area contributed by atoms with Crippen LogP contribution in [0.3, 0.4) is 0 Å². The van der Waals surface area contributed by atoms with E-state index in [1.165, 1.54) is 27.8 Å². The second-order valence-electron chi connectivity index (χ2n) is 7.42. The Morgan fingerprint density at radius 1 is 0.615 bits per heavy atom. The van der Waals surface area contributed by atoms with Crippen LogP contribution in [0.2, 0.25) is 0 Å². The van der Waals surface area contributed by atoms with E-state index in [0.717, 1.165) is 35.1 Å². The van der Waals surface area contributed by atoms with Crippen LogP contribution in [-0.4, -0.2) is 0 Å². The Hall–Kier alpha value is -2.41. The zero-order chi connectivity index (χ0) is 18.8. The maximum absolute atomic E-state index is 14.3. The van der Waals surface area contributed by atoms with Crippen molar-refractivity contribution in [1.82, 2.24) is 0 Å². The molecule has 0 aliphatic rings. The number of hydrogen-bond donors (Lipinski definition) is 0. The van der Waals surface area contributed by atoms with Gasteiger partial charge in [0.05, 0.1) is 0 Å². The summed E-state index contributed by atoms with van der Waals surface area (Å²) in [5.74, 6) is -0.0496. The van der Waals surface area contributed by atoms with Gasteiger partial charge < -0.3 is 0 Å². The number of rotatable bonds is 4. The molecule has 0 unspecified atom stereocenters. The summed E-state index contributed by atoms with van der Waals surface area (Å²) >= 11 is 0. The van der Waals surface area contributed by atoms with Crippen molar-refractivity contribution in [1.29, 1.82) is 0 Å². The summed E-state index contributed by atoms with van der Waals surface area (Å²) in [6.45, 7) is 10.0. The van der Waals surface area contributed by atoms with E-state index in [0.29, 0.717) is 0 Å². The fourth-order valence-electron chi connectivity index (χ4n) is 3.50. The Bertz CT molecular complexity index is 933. The molecule has 26 heavy (non-hydrogen) atoms. The standard InChI is InChI=1S/C25H27F/c1-16-6-8-22(9-7-16)24-13-11-21(18(3)15-24)10-12-23-14-17(2)19(4)25(26)20(23)5/h6-9,11,13-15H,10,12H2,1-5H3. The van der Waals surface area contributed by atoms with Crippen LogP contribution in [0, 0.1) is 40.4 Å². The summed E-state index contributed by atoms with van der Waals surface area (Å²) in [5, 5.41) is 0. The Morgan fingerprint density at radius 3 is 1.88 bits per heavy atom. The third-order valence-electron chi connectivity index (χ3n) is 5.51. The summed E-state index contributed by atoms with van der Waals surface area (Å²) in [6.07, 6.45) is 1.80. The topological polar surface area (TPSA) is 0 Å². The molecule has 0 aliphatic carbocycles. The highest BCUT2D eigenvalue weighted by molar-refractivity contribution is 5.65. The fraction of sp³-hybridized carbons (Fsp3) is 0.280. The van der Waals surface area contributed by atoms with Gasteiger partial charge in [0.1, 0.15) is 5.82 Å². The molecule has 0 aliphatic heterocycles. The van der Waals surface area contributed by atoms with Gasteiger partial charge in [-0.25, -0.2) is 4.39 Å². The van der Waals surface area contributed by atoms with Gasteiger partial charge in [-0.05, 0) is 92.0 Å². The Kier molecular flexibility index (Phi) is 5.27. The van der Waals surface area contributed by atoms with Crippen molar-refractivity contribution in [2.75, 3.05) is 0 Å². The molecule has 3 aromatic rings. The van der Waals surface area contributed by atoms with E-state index >= 15 is 0 Å². The van der Waals surface area contributed by atoms with Gasteiger partial charge in [-0.2, -0.15) is 0 Å². The van der Waals surface area contributed by atoms with Crippen molar-refractivity contribution in [3.63, 3.8) is 0 Å². The molecule has 3 aromatic carbocycles. The second kappa shape index (κ2) is 7.45. The Balaban J connectivity index is 1.80. The van der Waals surface area contributed by atoms with Gasteiger partial charge in [0.25, 0.3) is 0 Å². The lowest BCUT2D eigenvalue weighted by Gasteiger charge is -2.13. The van der Waals surface area contributed by atoms with Gasteiger partial charge in [0.15, 0.2) is 0 Å². The molecular formula is C25H27F. The van der Waals surface area contributed by atoms with Crippen LogP contribution in [0.15, 0.2) is 48.5 Å². The first-order valence-corrected chi connectivity index (χ1v) is 9.28. The van der Waals surface area contributed by atoms with Gasteiger partial charge in [0.2, 0.25) is 0 Å². The quantitative estimate of drug-likeness (QED) is 0.486. The van der Waals surface area contributed by atoms with Crippen LogP contribution in [0.4, 0.5) is 4.39 Å². The minimum Gasteiger partial charge on any atom is -0.206 e. The van der Waals surface area contributed by atoms with Crippen molar-refractivity contribution in [3.8, 4) is 11.1 Å². The minimum absolute atomic E-state index is 0.0496. The summed E-state index contributed by atoms with van der Waals surface area (Å²) in [6, 6.07) is 17.5. The predicted molar refractivity (Wildman–Crippen MR) is 109 cm³/mol. The molecule has 134 valence electrons. The van der Waals surface area contributed by atoms with Gasteiger partial charge in [-0.1, -0.05) is 54.1 Å². The van der Waals surface area contributed by atoms with Gasteiger partial charge in [0, 0.05) is 0 Å². The average molecular weight is 346 g/mol. The Labute approximate surface area is 156 Å². The molecule has 3 rings (SSSR count). The fourth-order valence-corrected chi connectivity index (χ4v) is 3.50. The summed E-state index contributed by atoms with van der Waals surface area (Å²) in [5.41, 5.74) is 10.1. The largest absolute Gasteiger partial charge is 0.206 e. The monoisotopic (exact) mass is 346 g/mol. The lowest BCUT2D eigenvalue weighted by Crippen LogP contribution is -2.01. The van der Waals surface area contributed by atoms with E-state index in [4.69, 9.17) is 0 Å². The third kappa shape index (κ3) is 3.72. The lowest BCUT2D eigenvalue weighted by atomic mass is 9.93. The lowest BCUT2D eigenvalue weighted by molar-refractivity contribution is 0.604. The molecule has 0 saturated heterocycles. The number of hydrogen-bond acceptors (Lipinski definition) is 0. The van der Waals surface area contributed by atoms with Crippen LogP contribution in [0.5, 0.6) is 0 Å². The minimum atomic E-state index is -0.0496. The maximum atomic E-state index is 14.3.